The van der Waals surface area contributed by atoms with Gasteiger partial charge in [-0.2, -0.15) is 0 Å². The Balaban J connectivity index is 1.86. The van der Waals surface area contributed by atoms with Crippen LogP contribution in [-0.2, 0) is 4.74 Å². The van der Waals surface area contributed by atoms with E-state index in [1.165, 1.54) is 12.1 Å². The number of anilines is 2. The van der Waals surface area contributed by atoms with E-state index < -0.39 is 18.4 Å². The van der Waals surface area contributed by atoms with Crippen LogP contribution < -0.4 is 19.6 Å². The van der Waals surface area contributed by atoms with Gasteiger partial charge in [-0.25, -0.2) is 18.9 Å². The highest BCUT2D eigenvalue weighted by molar-refractivity contribution is 9.10. The molecule has 2 heterocycles. The van der Waals surface area contributed by atoms with E-state index in [1.54, 1.807) is 28.9 Å². The van der Waals surface area contributed by atoms with Crippen molar-refractivity contribution in [3.05, 3.63) is 79.2 Å². The van der Waals surface area contributed by atoms with E-state index in [1.807, 2.05) is 18.2 Å². The molecular formula is C27H27BrCl2N5O5P. The number of halogens is 3. The molecule has 0 saturated carbocycles. The molecule has 0 spiro atoms. The van der Waals surface area contributed by atoms with Gasteiger partial charge in [0.1, 0.15) is 5.75 Å². The van der Waals surface area contributed by atoms with Gasteiger partial charge in [-0.1, -0.05) is 23.2 Å². The smallest absolute Gasteiger partial charge is 0.409 e. The second-order valence-corrected chi connectivity index (χ2v) is 13.7. The number of hydrogen-bond acceptors (Lipinski definition) is 7. The molecular weight excluding hydrogens is 656 g/mol. The molecule has 2 aliphatic heterocycles. The number of carbonyl (C=O) groups excluding carboxylic acids is 1. The Labute approximate surface area is 256 Å². The Morgan fingerprint density at radius 1 is 1.05 bits per heavy atom. The minimum atomic E-state index is -3.22. The summed E-state index contributed by atoms with van der Waals surface area (Å²) in [7, 11) is -3.22. The normalized spacial score (nSPS) is 19.0. The first kappa shape index (κ1) is 29.8. The van der Waals surface area contributed by atoms with Crippen LogP contribution >= 0.6 is 46.5 Å². The molecule has 0 aromatic heterocycles. The van der Waals surface area contributed by atoms with Crippen molar-refractivity contribution in [2.75, 3.05) is 49.0 Å². The van der Waals surface area contributed by atoms with E-state index in [2.05, 4.69) is 39.3 Å². The first-order chi connectivity index (χ1) is 19.7. The number of nitro groups is 1. The predicted molar refractivity (Wildman–Crippen MR) is 167 cm³/mol. The zero-order valence-corrected chi connectivity index (χ0v) is 26.3. The summed E-state index contributed by atoms with van der Waals surface area (Å²) in [6.45, 7) is 7.55. The Morgan fingerprint density at radius 3 is 2.41 bits per heavy atom. The molecule has 216 valence electrons. The second-order valence-electron chi connectivity index (χ2n) is 9.23. The van der Waals surface area contributed by atoms with Crippen LogP contribution in [-0.4, -0.2) is 55.1 Å². The van der Waals surface area contributed by atoms with Gasteiger partial charge in [-0.3, -0.25) is 10.1 Å². The van der Waals surface area contributed by atoms with Gasteiger partial charge >= 0.3 is 6.09 Å². The minimum Gasteiger partial charge on any atom is -0.409 e. The lowest BCUT2D eigenvalue weighted by Gasteiger charge is -2.47. The largest absolute Gasteiger partial charge is 0.425 e. The number of nitro benzene ring substituents is 1. The lowest BCUT2D eigenvalue weighted by Crippen LogP contribution is -2.49. The summed E-state index contributed by atoms with van der Waals surface area (Å²) in [6, 6.07) is 15.2. The second kappa shape index (κ2) is 12.3. The van der Waals surface area contributed by atoms with Crippen LogP contribution in [0.15, 0.2) is 63.8 Å². The van der Waals surface area contributed by atoms with Gasteiger partial charge in [0.15, 0.2) is 7.36 Å². The third-order valence-corrected chi connectivity index (χ3v) is 12.0. The average molecular weight is 683 g/mol. The number of fused-ring (bicyclic) bond motifs is 1. The number of benzene rings is 3. The van der Waals surface area contributed by atoms with Crippen LogP contribution in [0, 0.1) is 10.1 Å². The summed E-state index contributed by atoms with van der Waals surface area (Å²) < 4.78 is 21.2. The molecule has 1 atom stereocenters. The van der Waals surface area contributed by atoms with E-state index >= 15 is 0 Å². The molecule has 5 rings (SSSR count). The van der Waals surface area contributed by atoms with Crippen LogP contribution in [0.25, 0.3) is 0 Å². The van der Waals surface area contributed by atoms with Crippen LogP contribution in [0.2, 0.25) is 10.0 Å². The number of nitrogens with zero attached hydrogens (tertiary/aromatic N) is 5. The first-order valence-electron chi connectivity index (χ1n) is 13.0. The molecule has 0 N–H and O–H groups in total. The van der Waals surface area contributed by atoms with Crippen molar-refractivity contribution in [1.29, 1.82) is 0 Å². The van der Waals surface area contributed by atoms with E-state index in [4.69, 9.17) is 37.4 Å². The van der Waals surface area contributed by atoms with Gasteiger partial charge in [0, 0.05) is 50.1 Å². The number of morpholine rings is 1. The highest BCUT2D eigenvalue weighted by atomic mass is 79.9. The van der Waals surface area contributed by atoms with Crippen molar-refractivity contribution >= 4 is 80.6 Å². The molecule has 10 nitrogen and oxygen atoms in total. The summed E-state index contributed by atoms with van der Waals surface area (Å²) in [4.78, 5) is 27.2. The van der Waals surface area contributed by atoms with Crippen molar-refractivity contribution in [2.24, 2.45) is 4.74 Å². The van der Waals surface area contributed by atoms with Gasteiger partial charge in [0.25, 0.3) is 5.69 Å². The maximum absolute atomic E-state index is 14.1. The zero-order valence-electron chi connectivity index (χ0n) is 22.3. The summed E-state index contributed by atoms with van der Waals surface area (Å²) in [5.74, 6) is 0.414. The molecule has 41 heavy (non-hydrogen) atoms. The number of ether oxygens (including phenoxy) is 2. The fourth-order valence-electron chi connectivity index (χ4n) is 4.97. The topological polar surface area (TPSA) is 101 Å². The molecule has 0 unspecified atom stereocenters. The highest BCUT2D eigenvalue weighted by Gasteiger charge is 2.48. The molecule has 0 aliphatic carbocycles. The molecule has 2 aliphatic rings. The summed E-state index contributed by atoms with van der Waals surface area (Å²) in [5.41, 5.74) is 1.75. The lowest BCUT2D eigenvalue weighted by atomic mass is 10.2. The third-order valence-electron chi connectivity index (χ3n) is 6.96. The van der Waals surface area contributed by atoms with E-state index in [9.17, 15) is 14.9 Å². The van der Waals surface area contributed by atoms with E-state index in [0.29, 0.717) is 52.9 Å². The standard InChI is InChI=1S/C27H27BrCl2N5O5P/c1-3-32(4-2)18-7-10-26-25(17-18)40-27(36)34(19-5-8-22(29)23(30)16-19)41(26,33-11-13-39-14-12-33)31-24-9-6-20(35(37)38)15-21(24)28/h5-10,15-17H,3-4,11-14H2,1-2H3/t41-/m1/s1. The van der Waals surface area contributed by atoms with Crippen molar-refractivity contribution in [3.63, 3.8) is 0 Å². The van der Waals surface area contributed by atoms with Crippen LogP contribution in [0.3, 0.4) is 0 Å². The van der Waals surface area contributed by atoms with Crippen molar-refractivity contribution in [3.8, 4) is 5.75 Å². The molecule has 14 heteroatoms. The van der Waals surface area contributed by atoms with Crippen LogP contribution in [0.5, 0.6) is 5.75 Å². The van der Waals surface area contributed by atoms with Gasteiger partial charge in [-0.15, -0.1) is 0 Å². The van der Waals surface area contributed by atoms with Gasteiger partial charge in [0.2, 0.25) is 0 Å². The molecule has 1 saturated heterocycles. The van der Waals surface area contributed by atoms with Crippen LogP contribution in [0.1, 0.15) is 13.8 Å². The average Bonchev–Trinajstić information content (AvgIpc) is 2.96. The number of rotatable bonds is 7. The maximum Gasteiger partial charge on any atom is 0.425 e. The molecule has 0 radical (unpaired) electrons. The Morgan fingerprint density at radius 2 is 1.78 bits per heavy atom. The quantitative estimate of drug-likeness (QED) is 0.142. The fraction of sp³-hybridized carbons (Fsp3) is 0.296. The predicted octanol–water partition coefficient (Wildman–Crippen LogP) is 7.85. The van der Waals surface area contributed by atoms with Crippen molar-refractivity contribution in [1.82, 2.24) is 4.67 Å². The fourth-order valence-corrected chi connectivity index (χ4v) is 9.55. The maximum atomic E-state index is 14.1. The number of non-ortho nitro benzene ring substituents is 1. The third kappa shape index (κ3) is 5.59. The van der Waals surface area contributed by atoms with E-state index in [-0.39, 0.29) is 10.7 Å². The number of amides is 1. The first-order valence-corrected chi connectivity index (χ1v) is 16.2. The molecule has 3 aromatic carbocycles. The van der Waals surface area contributed by atoms with Crippen LogP contribution in [0.4, 0.5) is 27.5 Å². The summed E-state index contributed by atoms with van der Waals surface area (Å²) in [6.07, 6.45) is -0.616. The summed E-state index contributed by atoms with van der Waals surface area (Å²) in [5, 5.41) is 12.8. The highest BCUT2D eigenvalue weighted by Crippen LogP contribution is 2.63. The molecule has 1 fully saturated rings. The Bertz CT molecular complexity index is 1570. The summed E-state index contributed by atoms with van der Waals surface area (Å²) >= 11 is 16.2. The van der Waals surface area contributed by atoms with Gasteiger partial charge in [0.05, 0.1) is 49.3 Å². The molecule has 1 amide bonds. The number of carbonyl (C=O) groups is 1. The molecule has 0 bridgehead atoms. The van der Waals surface area contributed by atoms with E-state index in [0.717, 1.165) is 24.1 Å². The lowest BCUT2D eigenvalue weighted by molar-refractivity contribution is -0.384. The Kier molecular flexibility index (Phi) is 8.94. The Hall–Kier alpha value is -2.66. The van der Waals surface area contributed by atoms with Gasteiger partial charge < -0.3 is 14.4 Å². The van der Waals surface area contributed by atoms with Crippen molar-refractivity contribution < 1.29 is 19.2 Å². The minimum absolute atomic E-state index is 0.0803. The molecule has 3 aromatic rings. The van der Waals surface area contributed by atoms with Gasteiger partial charge in [-0.05, 0) is 66.2 Å². The monoisotopic (exact) mass is 681 g/mol. The number of hydrogen-bond donors (Lipinski definition) is 0. The SMILES string of the molecule is CCN(CC)c1ccc2c(c1)OC(=O)N(c1ccc(Cl)c(Cl)c1)[P@]2(=Nc1ccc([N+](=O)[O-])cc1Br)N1CCOCC1. The zero-order chi connectivity index (χ0) is 29.3. The van der Waals surface area contributed by atoms with Crippen molar-refractivity contribution in [2.45, 2.75) is 13.8 Å².